The minimum absolute atomic E-state index is 0.195. The van der Waals surface area contributed by atoms with Gasteiger partial charge in [-0.05, 0) is 43.5 Å². The van der Waals surface area contributed by atoms with Crippen molar-refractivity contribution >= 4 is 0 Å². The van der Waals surface area contributed by atoms with E-state index in [2.05, 4.69) is 5.32 Å². The first-order valence-electron chi connectivity index (χ1n) is 7.16. The van der Waals surface area contributed by atoms with Crippen LogP contribution in [0.15, 0.2) is 24.3 Å². The van der Waals surface area contributed by atoms with Crippen molar-refractivity contribution in [1.82, 2.24) is 5.32 Å². The minimum atomic E-state index is -0.584. The van der Waals surface area contributed by atoms with Crippen molar-refractivity contribution in [3.63, 3.8) is 0 Å². The Morgan fingerprint density at radius 1 is 1.35 bits per heavy atom. The van der Waals surface area contributed by atoms with Crippen LogP contribution in [-0.2, 0) is 4.74 Å². The Balaban J connectivity index is 1.37. The Hall–Kier alpha value is -1.17. The van der Waals surface area contributed by atoms with Crippen LogP contribution in [0.5, 0.6) is 5.75 Å². The molecule has 2 N–H and O–H groups in total. The van der Waals surface area contributed by atoms with Crippen LogP contribution in [-0.4, -0.2) is 42.6 Å². The molecule has 1 aromatic rings. The van der Waals surface area contributed by atoms with Gasteiger partial charge in [-0.2, -0.15) is 0 Å². The first kappa shape index (κ1) is 13.8. The zero-order chi connectivity index (χ0) is 13.9. The number of hydrogen-bond acceptors (Lipinski definition) is 4. The molecule has 2 saturated heterocycles. The van der Waals surface area contributed by atoms with Crippen LogP contribution in [0.25, 0.3) is 0 Å². The maximum absolute atomic E-state index is 12.7. The molecule has 110 valence electrons. The Kier molecular flexibility index (Phi) is 4.19. The van der Waals surface area contributed by atoms with Crippen LogP contribution in [0.4, 0.5) is 4.39 Å². The minimum Gasteiger partial charge on any atom is -0.491 e. The fraction of sp³-hybridized carbons (Fsp3) is 0.600. The maximum Gasteiger partial charge on any atom is 0.123 e. The van der Waals surface area contributed by atoms with Crippen LogP contribution < -0.4 is 10.1 Å². The van der Waals surface area contributed by atoms with Crippen LogP contribution in [0.1, 0.15) is 19.3 Å². The SMILES string of the molecule is OC(CNC1CC2CCC1O2)COc1ccc(F)cc1. The van der Waals surface area contributed by atoms with E-state index in [1.165, 1.54) is 18.6 Å². The number of aliphatic hydroxyl groups excluding tert-OH is 1. The van der Waals surface area contributed by atoms with Crippen LogP contribution >= 0.6 is 0 Å². The summed E-state index contributed by atoms with van der Waals surface area (Å²) in [5.41, 5.74) is 0. The number of aliphatic hydroxyl groups is 1. The molecule has 4 unspecified atom stereocenters. The average molecular weight is 281 g/mol. The molecule has 0 aliphatic carbocycles. The van der Waals surface area contributed by atoms with Gasteiger partial charge in [0.2, 0.25) is 0 Å². The topological polar surface area (TPSA) is 50.7 Å². The molecule has 4 nitrogen and oxygen atoms in total. The number of hydrogen-bond donors (Lipinski definition) is 2. The summed E-state index contributed by atoms with van der Waals surface area (Å²) in [6.45, 7) is 0.679. The summed E-state index contributed by atoms with van der Waals surface area (Å²) in [5.74, 6) is 0.268. The number of nitrogens with one attached hydrogen (secondary N) is 1. The lowest BCUT2D eigenvalue weighted by Crippen LogP contribution is -2.42. The molecule has 2 fully saturated rings. The molecule has 0 amide bonds. The summed E-state index contributed by atoms with van der Waals surface area (Å²) in [4.78, 5) is 0. The van der Waals surface area contributed by atoms with E-state index in [1.807, 2.05) is 0 Å². The molecular formula is C15H20FNO3. The van der Waals surface area contributed by atoms with Gasteiger partial charge in [0.15, 0.2) is 0 Å². The van der Waals surface area contributed by atoms with Gasteiger partial charge < -0.3 is 19.9 Å². The highest BCUT2D eigenvalue weighted by atomic mass is 19.1. The third-order valence-electron chi connectivity index (χ3n) is 3.98. The molecule has 0 radical (unpaired) electrons. The standard InChI is InChI=1S/C15H20FNO3/c16-10-1-3-12(4-2-10)19-9-11(18)8-17-14-7-13-5-6-15(14)20-13/h1-4,11,13-15,17-18H,5-9H2. The van der Waals surface area contributed by atoms with Crippen molar-refractivity contribution in [2.75, 3.05) is 13.2 Å². The summed E-state index contributed by atoms with van der Waals surface area (Å²) in [6, 6.07) is 6.15. The second kappa shape index (κ2) is 6.08. The molecule has 0 spiro atoms. The van der Waals surface area contributed by atoms with Gasteiger partial charge in [0.05, 0.1) is 12.2 Å². The van der Waals surface area contributed by atoms with Crippen molar-refractivity contribution in [2.24, 2.45) is 0 Å². The third-order valence-corrected chi connectivity index (χ3v) is 3.98. The fourth-order valence-corrected chi connectivity index (χ4v) is 2.92. The van der Waals surface area contributed by atoms with Gasteiger partial charge in [-0.25, -0.2) is 4.39 Å². The summed E-state index contributed by atoms with van der Waals surface area (Å²) in [6.07, 6.45) is 3.45. The smallest absolute Gasteiger partial charge is 0.123 e. The first-order valence-corrected chi connectivity index (χ1v) is 7.16. The van der Waals surface area contributed by atoms with Crippen molar-refractivity contribution in [3.8, 4) is 5.75 Å². The molecule has 20 heavy (non-hydrogen) atoms. The normalized spacial score (nSPS) is 29.6. The molecule has 1 aromatic carbocycles. The monoisotopic (exact) mass is 281 g/mol. The molecular weight excluding hydrogens is 261 g/mol. The van der Waals surface area contributed by atoms with Gasteiger partial charge >= 0.3 is 0 Å². The molecule has 2 aliphatic rings. The number of halogens is 1. The van der Waals surface area contributed by atoms with E-state index in [-0.39, 0.29) is 12.4 Å². The van der Waals surface area contributed by atoms with Crippen molar-refractivity contribution in [3.05, 3.63) is 30.1 Å². The number of fused-ring (bicyclic) bond motifs is 2. The summed E-state index contributed by atoms with van der Waals surface area (Å²) < 4.78 is 23.9. The van der Waals surface area contributed by atoms with E-state index in [9.17, 15) is 9.50 Å². The molecule has 5 heteroatoms. The largest absolute Gasteiger partial charge is 0.491 e. The lowest BCUT2D eigenvalue weighted by Gasteiger charge is -2.22. The van der Waals surface area contributed by atoms with Crippen LogP contribution in [0.3, 0.4) is 0 Å². The molecule has 2 bridgehead atoms. The van der Waals surface area contributed by atoms with Gasteiger partial charge in [0, 0.05) is 12.6 Å². The average Bonchev–Trinajstić information content (AvgIpc) is 3.07. The van der Waals surface area contributed by atoms with Gasteiger partial charge in [0.1, 0.15) is 24.3 Å². The fourth-order valence-electron chi connectivity index (χ4n) is 2.92. The predicted molar refractivity (Wildman–Crippen MR) is 72.2 cm³/mol. The number of benzene rings is 1. The van der Waals surface area contributed by atoms with E-state index in [4.69, 9.17) is 9.47 Å². The maximum atomic E-state index is 12.7. The van der Waals surface area contributed by atoms with E-state index < -0.39 is 6.10 Å². The van der Waals surface area contributed by atoms with Crippen molar-refractivity contribution in [2.45, 2.75) is 43.6 Å². The molecule has 0 saturated carbocycles. The third kappa shape index (κ3) is 3.29. The lowest BCUT2D eigenvalue weighted by atomic mass is 9.95. The van der Waals surface area contributed by atoms with Gasteiger partial charge in [-0.1, -0.05) is 0 Å². The van der Waals surface area contributed by atoms with Gasteiger partial charge in [0.25, 0.3) is 0 Å². The first-order chi connectivity index (χ1) is 9.70. The molecule has 0 aromatic heterocycles. The second-order valence-electron chi connectivity index (χ2n) is 5.54. The zero-order valence-electron chi connectivity index (χ0n) is 11.3. The zero-order valence-corrected chi connectivity index (χ0v) is 11.3. The van der Waals surface area contributed by atoms with E-state index in [0.717, 1.165) is 12.8 Å². The summed E-state index contributed by atoms with van der Waals surface area (Å²) >= 11 is 0. The molecule has 2 heterocycles. The lowest BCUT2D eigenvalue weighted by molar-refractivity contribution is 0.0853. The highest BCUT2D eigenvalue weighted by molar-refractivity contribution is 5.22. The van der Waals surface area contributed by atoms with Gasteiger partial charge in [-0.3, -0.25) is 0 Å². The summed E-state index contributed by atoms with van der Waals surface area (Å²) in [5, 5.41) is 13.2. The highest BCUT2D eigenvalue weighted by Crippen LogP contribution is 2.34. The van der Waals surface area contributed by atoms with Crippen molar-refractivity contribution in [1.29, 1.82) is 0 Å². The molecule has 4 atom stereocenters. The number of ether oxygens (including phenoxy) is 2. The van der Waals surface area contributed by atoms with Crippen molar-refractivity contribution < 1.29 is 19.0 Å². The van der Waals surface area contributed by atoms with Gasteiger partial charge in [-0.15, -0.1) is 0 Å². The Labute approximate surface area is 117 Å². The summed E-state index contributed by atoms with van der Waals surface area (Å²) in [7, 11) is 0. The van der Waals surface area contributed by atoms with Crippen LogP contribution in [0.2, 0.25) is 0 Å². The quantitative estimate of drug-likeness (QED) is 0.829. The Morgan fingerprint density at radius 3 is 2.80 bits per heavy atom. The molecule has 2 aliphatic heterocycles. The van der Waals surface area contributed by atoms with E-state index >= 15 is 0 Å². The number of rotatable bonds is 6. The Morgan fingerprint density at radius 2 is 2.15 bits per heavy atom. The van der Waals surface area contributed by atoms with Crippen LogP contribution in [0, 0.1) is 5.82 Å². The molecule has 3 rings (SSSR count). The second-order valence-corrected chi connectivity index (χ2v) is 5.54. The Bertz CT molecular complexity index is 439. The predicted octanol–water partition coefficient (Wildman–Crippen LogP) is 1.47. The van der Waals surface area contributed by atoms with E-state index in [0.29, 0.717) is 30.5 Å². The van der Waals surface area contributed by atoms with E-state index in [1.54, 1.807) is 12.1 Å². The highest BCUT2D eigenvalue weighted by Gasteiger charge is 2.40.